The highest BCUT2D eigenvalue weighted by atomic mass is 16.5. The van der Waals surface area contributed by atoms with Crippen LogP contribution in [0.1, 0.15) is 58.4 Å². The van der Waals surface area contributed by atoms with E-state index in [2.05, 4.69) is 37.1 Å². The van der Waals surface area contributed by atoms with E-state index in [1.54, 1.807) is 11.8 Å². The lowest BCUT2D eigenvalue weighted by atomic mass is 9.92. The van der Waals surface area contributed by atoms with Crippen molar-refractivity contribution >= 4 is 40.2 Å². The molecule has 1 aromatic carbocycles. The predicted octanol–water partition coefficient (Wildman–Crippen LogP) is 4.55. The Labute approximate surface area is 219 Å². The minimum atomic E-state index is -0.187. The molecule has 2 aliphatic heterocycles. The van der Waals surface area contributed by atoms with E-state index in [1.807, 2.05) is 18.2 Å². The molecule has 4 rings (SSSR count). The van der Waals surface area contributed by atoms with Gasteiger partial charge in [-0.1, -0.05) is 13.8 Å². The molecular weight excluding hydrogens is 468 g/mol. The lowest BCUT2D eigenvalue weighted by Gasteiger charge is -2.36. The largest absolute Gasteiger partial charge is 0.466 e. The van der Waals surface area contributed by atoms with Crippen LogP contribution >= 0.6 is 0 Å². The van der Waals surface area contributed by atoms with Gasteiger partial charge in [-0.2, -0.15) is 0 Å². The van der Waals surface area contributed by atoms with Gasteiger partial charge >= 0.3 is 5.97 Å². The maximum Gasteiger partial charge on any atom is 0.309 e. The van der Waals surface area contributed by atoms with Gasteiger partial charge in [0.15, 0.2) is 0 Å². The Morgan fingerprint density at radius 3 is 2.43 bits per heavy atom. The highest BCUT2D eigenvalue weighted by molar-refractivity contribution is 5.96. The molecule has 0 saturated carbocycles. The summed E-state index contributed by atoms with van der Waals surface area (Å²) >= 11 is 0. The quantitative estimate of drug-likeness (QED) is 0.552. The van der Waals surface area contributed by atoms with Gasteiger partial charge < -0.3 is 19.9 Å². The van der Waals surface area contributed by atoms with Gasteiger partial charge in [-0.05, 0) is 74.8 Å². The van der Waals surface area contributed by atoms with Gasteiger partial charge in [-0.15, -0.1) is 0 Å². The monoisotopic (exact) mass is 508 g/mol. The molecule has 2 fully saturated rings. The lowest BCUT2D eigenvalue weighted by molar-refractivity contribution is -0.151. The molecule has 2 atom stereocenters. The molecule has 1 N–H and O–H groups in total. The number of carbonyl (C=O) groups excluding carboxylic acids is 3. The molecule has 2 aliphatic rings. The van der Waals surface area contributed by atoms with E-state index < -0.39 is 0 Å². The van der Waals surface area contributed by atoms with Crippen molar-refractivity contribution in [3.63, 3.8) is 0 Å². The molecule has 0 bridgehead atoms. The number of fused-ring (bicyclic) bond motifs is 1. The Morgan fingerprint density at radius 2 is 1.76 bits per heavy atom. The molecule has 0 aliphatic carbocycles. The number of amides is 2. The summed E-state index contributed by atoms with van der Waals surface area (Å²) in [6.07, 6.45) is 2.75. The number of pyridine rings is 1. The van der Waals surface area contributed by atoms with Gasteiger partial charge in [-0.25, -0.2) is 4.98 Å². The van der Waals surface area contributed by atoms with Crippen LogP contribution in [0.3, 0.4) is 0 Å². The number of hydrogen-bond acceptors (Lipinski definition) is 6. The molecule has 0 radical (unpaired) electrons. The van der Waals surface area contributed by atoms with Gasteiger partial charge in [-0.3, -0.25) is 14.4 Å². The first-order valence-electron chi connectivity index (χ1n) is 13.6. The second-order valence-corrected chi connectivity index (χ2v) is 10.8. The van der Waals surface area contributed by atoms with Crippen molar-refractivity contribution < 1.29 is 19.1 Å². The van der Waals surface area contributed by atoms with Crippen LogP contribution in [0.5, 0.6) is 0 Å². The Balaban J connectivity index is 1.31. The SMILES string of the molecule is CCOC(=O)C1CCN(C(=O)CCC(=O)Nc2ccc3nc(N4CC(C)CC(C)C4)cc(C)c3c2)CC1. The first-order chi connectivity index (χ1) is 17.7. The zero-order valence-electron chi connectivity index (χ0n) is 22.6. The Morgan fingerprint density at radius 1 is 1.05 bits per heavy atom. The standard InChI is InChI=1S/C29H40N4O4/c1-5-37-29(36)22-10-12-32(13-11-22)28(35)9-8-27(34)30-23-6-7-25-24(16-23)21(4)15-26(31-25)33-17-19(2)14-20(3)18-33/h6-7,15-16,19-20,22H,5,8-14,17-18H2,1-4H3,(H,30,34). The summed E-state index contributed by atoms with van der Waals surface area (Å²) in [7, 11) is 0. The third-order valence-electron chi connectivity index (χ3n) is 7.51. The van der Waals surface area contributed by atoms with Crippen molar-refractivity contribution in [2.24, 2.45) is 17.8 Å². The first-order valence-corrected chi connectivity index (χ1v) is 13.6. The number of carbonyl (C=O) groups is 3. The van der Waals surface area contributed by atoms with E-state index in [1.165, 1.54) is 6.42 Å². The summed E-state index contributed by atoms with van der Waals surface area (Å²) < 4.78 is 5.09. The van der Waals surface area contributed by atoms with E-state index in [4.69, 9.17) is 9.72 Å². The first kappa shape index (κ1) is 26.9. The maximum absolute atomic E-state index is 12.6. The van der Waals surface area contributed by atoms with Gasteiger partial charge in [0.2, 0.25) is 11.8 Å². The van der Waals surface area contributed by atoms with Crippen LogP contribution in [-0.4, -0.2) is 60.5 Å². The molecule has 2 aromatic rings. The van der Waals surface area contributed by atoms with Crippen LogP contribution in [-0.2, 0) is 19.1 Å². The third-order valence-corrected chi connectivity index (χ3v) is 7.51. The average molecular weight is 509 g/mol. The molecule has 3 heterocycles. The maximum atomic E-state index is 12.6. The zero-order chi connectivity index (χ0) is 26.5. The average Bonchev–Trinajstić information content (AvgIpc) is 2.87. The summed E-state index contributed by atoms with van der Waals surface area (Å²) in [5, 5.41) is 3.95. The fraction of sp³-hybridized carbons (Fsp3) is 0.586. The van der Waals surface area contributed by atoms with Crippen LogP contribution in [0.15, 0.2) is 24.3 Å². The van der Waals surface area contributed by atoms with E-state index in [-0.39, 0.29) is 36.5 Å². The summed E-state index contributed by atoms with van der Waals surface area (Å²) in [6.45, 7) is 12.0. The minimum absolute atomic E-state index is 0.0510. The van der Waals surface area contributed by atoms with Gasteiger partial charge in [0.05, 0.1) is 18.0 Å². The number of rotatable bonds is 7. The van der Waals surface area contributed by atoms with E-state index in [0.717, 1.165) is 35.4 Å². The van der Waals surface area contributed by atoms with Crippen molar-refractivity contribution in [1.82, 2.24) is 9.88 Å². The molecule has 200 valence electrons. The summed E-state index contributed by atoms with van der Waals surface area (Å²) in [5.41, 5.74) is 2.75. The van der Waals surface area contributed by atoms with Crippen LogP contribution in [0, 0.1) is 24.7 Å². The molecule has 1 aromatic heterocycles. The van der Waals surface area contributed by atoms with E-state index >= 15 is 0 Å². The number of piperidine rings is 2. The normalized spacial score (nSPS) is 20.6. The number of benzene rings is 1. The molecule has 2 unspecified atom stereocenters. The van der Waals surface area contributed by atoms with Crippen LogP contribution in [0.4, 0.5) is 11.5 Å². The number of hydrogen-bond donors (Lipinski definition) is 1. The molecule has 0 spiro atoms. The fourth-order valence-electron chi connectivity index (χ4n) is 5.69. The zero-order valence-corrected chi connectivity index (χ0v) is 22.6. The number of ether oxygens (including phenoxy) is 1. The van der Waals surface area contributed by atoms with Crippen molar-refractivity contribution in [2.45, 2.75) is 59.8 Å². The van der Waals surface area contributed by atoms with Gasteiger partial charge in [0.25, 0.3) is 0 Å². The predicted molar refractivity (Wildman–Crippen MR) is 145 cm³/mol. The van der Waals surface area contributed by atoms with Crippen LogP contribution in [0.25, 0.3) is 10.9 Å². The molecule has 8 heteroatoms. The molecule has 37 heavy (non-hydrogen) atoms. The van der Waals surface area contributed by atoms with Gasteiger partial charge in [0, 0.05) is 50.1 Å². The van der Waals surface area contributed by atoms with Crippen molar-refractivity contribution in [3.8, 4) is 0 Å². The van der Waals surface area contributed by atoms with Crippen molar-refractivity contribution in [1.29, 1.82) is 0 Å². The van der Waals surface area contributed by atoms with E-state index in [0.29, 0.717) is 50.1 Å². The molecule has 8 nitrogen and oxygen atoms in total. The Hall–Kier alpha value is -3.16. The fourth-order valence-corrected chi connectivity index (χ4v) is 5.69. The number of aromatic nitrogens is 1. The highest BCUT2D eigenvalue weighted by Gasteiger charge is 2.28. The Kier molecular flexibility index (Phi) is 8.67. The van der Waals surface area contributed by atoms with Crippen LogP contribution < -0.4 is 10.2 Å². The van der Waals surface area contributed by atoms with Crippen LogP contribution in [0.2, 0.25) is 0 Å². The lowest BCUT2D eigenvalue weighted by Crippen LogP contribution is -2.40. The highest BCUT2D eigenvalue weighted by Crippen LogP contribution is 2.29. The topological polar surface area (TPSA) is 91.8 Å². The summed E-state index contributed by atoms with van der Waals surface area (Å²) in [5.74, 6) is 1.77. The summed E-state index contributed by atoms with van der Waals surface area (Å²) in [6, 6.07) is 7.93. The van der Waals surface area contributed by atoms with Gasteiger partial charge in [0.1, 0.15) is 5.82 Å². The number of esters is 1. The number of likely N-dealkylation sites (tertiary alicyclic amines) is 1. The van der Waals surface area contributed by atoms with Crippen molar-refractivity contribution in [3.05, 3.63) is 29.8 Å². The summed E-state index contributed by atoms with van der Waals surface area (Å²) in [4.78, 5) is 46.1. The number of nitrogens with zero attached hydrogens (tertiary/aromatic N) is 3. The minimum Gasteiger partial charge on any atom is -0.466 e. The number of aryl methyl sites for hydroxylation is 1. The second kappa shape index (κ2) is 11.9. The number of nitrogens with one attached hydrogen (secondary N) is 1. The smallest absolute Gasteiger partial charge is 0.309 e. The molecular formula is C29H40N4O4. The van der Waals surface area contributed by atoms with E-state index in [9.17, 15) is 14.4 Å². The molecule has 2 amide bonds. The number of anilines is 2. The van der Waals surface area contributed by atoms with Crippen molar-refractivity contribution in [2.75, 3.05) is 43.0 Å². The second-order valence-electron chi connectivity index (χ2n) is 10.8. The Bertz CT molecular complexity index is 1130. The molecule has 2 saturated heterocycles. The third kappa shape index (κ3) is 6.79.